The predicted molar refractivity (Wildman–Crippen MR) is 76.2 cm³/mol. The predicted octanol–water partition coefficient (Wildman–Crippen LogP) is 3.19. The Morgan fingerprint density at radius 3 is 2.43 bits per heavy atom. The lowest BCUT2D eigenvalue weighted by Crippen LogP contribution is -2.05. The highest BCUT2D eigenvalue weighted by molar-refractivity contribution is 7.08. The molecule has 0 saturated carbocycles. The molecule has 0 amide bonds. The molecule has 0 atom stereocenters. The van der Waals surface area contributed by atoms with Gasteiger partial charge in [0.05, 0.1) is 0 Å². The Kier molecular flexibility index (Phi) is 4.49. The van der Waals surface area contributed by atoms with Gasteiger partial charge in [-0.3, -0.25) is 4.79 Å². The minimum atomic E-state index is -1.56. The average Bonchev–Trinajstić information content (AvgIpc) is 2.89. The number of aliphatic hydroxyl groups is 1. The Labute approximate surface area is 123 Å². The monoisotopic (exact) mass is 306 g/mol. The number of carbonyl (C=O) groups excluding carboxylic acids is 1. The molecular weight excluding hydrogens is 295 g/mol. The molecule has 2 rings (SSSR count). The second-order valence-electron chi connectivity index (χ2n) is 4.31. The largest absolute Gasteiger partial charge is 0.502 e. The molecule has 1 aromatic carbocycles. The molecule has 0 fully saturated rings. The number of benzene rings is 1. The molecule has 4 nitrogen and oxygen atoms in total. The van der Waals surface area contributed by atoms with Crippen LogP contribution in [0.25, 0.3) is 0 Å². The Hall–Kier alpha value is -2.47. The zero-order valence-corrected chi connectivity index (χ0v) is 11.6. The number of hydrogen-bond donors (Lipinski definition) is 2. The summed E-state index contributed by atoms with van der Waals surface area (Å²) in [5.74, 6) is -3.47. The van der Waals surface area contributed by atoms with E-state index in [2.05, 4.69) is 0 Å². The summed E-state index contributed by atoms with van der Waals surface area (Å²) in [6, 6.07) is 5.90. The summed E-state index contributed by atoms with van der Waals surface area (Å²) < 4.78 is 12.8. The third kappa shape index (κ3) is 3.76. The Bertz CT molecular complexity index is 701. The number of carbonyl (C=O) groups is 2. The number of carboxylic acids is 1. The van der Waals surface area contributed by atoms with E-state index in [0.717, 1.165) is 5.56 Å². The van der Waals surface area contributed by atoms with Gasteiger partial charge in [0.2, 0.25) is 5.76 Å². The molecule has 6 heteroatoms. The number of thiophene rings is 1. The molecule has 0 aliphatic heterocycles. The minimum Gasteiger partial charge on any atom is -0.502 e. The van der Waals surface area contributed by atoms with Crippen molar-refractivity contribution in [3.05, 3.63) is 69.4 Å². The topological polar surface area (TPSA) is 74.6 Å². The van der Waals surface area contributed by atoms with Crippen LogP contribution in [0.5, 0.6) is 0 Å². The third-order valence-corrected chi connectivity index (χ3v) is 3.59. The first-order valence-corrected chi connectivity index (χ1v) is 6.89. The van der Waals surface area contributed by atoms with Crippen molar-refractivity contribution < 1.29 is 24.2 Å². The summed E-state index contributed by atoms with van der Waals surface area (Å²) in [6.45, 7) is 0. The summed E-state index contributed by atoms with van der Waals surface area (Å²) >= 11 is 1.30. The molecule has 0 spiro atoms. The standard InChI is InChI=1S/C15H11FO4S/c16-11-3-1-9(2-4-11)5-10-7-21-8-12(10)13(17)6-14(18)15(19)20/h1-4,6-8,18H,5H2,(H,19,20). The van der Waals surface area contributed by atoms with Crippen molar-refractivity contribution in [2.75, 3.05) is 0 Å². The Balaban J connectivity index is 2.22. The fourth-order valence-corrected chi connectivity index (χ4v) is 2.61. The van der Waals surface area contributed by atoms with Gasteiger partial charge in [0.1, 0.15) is 5.82 Å². The van der Waals surface area contributed by atoms with E-state index in [-0.39, 0.29) is 5.82 Å². The average molecular weight is 306 g/mol. The zero-order valence-electron chi connectivity index (χ0n) is 10.7. The molecule has 21 heavy (non-hydrogen) atoms. The molecule has 2 N–H and O–H groups in total. The van der Waals surface area contributed by atoms with Gasteiger partial charge in [0.15, 0.2) is 5.78 Å². The third-order valence-electron chi connectivity index (χ3n) is 2.80. The second kappa shape index (κ2) is 6.32. The van der Waals surface area contributed by atoms with Crippen molar-refractivity contribution in [1.82, 2.24) is 0 Å². The van der Waals surface area contributed by atoms with Crippen molar-refractivity contribution in [3.8, 4) is 0 Å². The van der Waals surface area contributed by atoms with Crippen molar-refractivity contribution in [2.24, 2.45) is 0 Å². The number of halogens is 1. The fourth-order valence-electron chi connectivity index (χ4n) is 1.76. The SMILES string of the molecule is O=C(O)C(O)=CC(=O)c1cscc1Cc1ccc(F)cc1. The van der Waals surface area contributed by atoms with Gasteiger partial charge in [0, 0.05) is 17.0 Å². The molecule has 2 aromatic rings. The summed E-state index contributed by atoms with van der Waals surface area (Å²) in [5, 5.41) is 21.0. The van der Waals surface area contributed by atoms with Crippen LogP contribution >= 0.6 is 11.3 Å². The number of rotatable bonds is 5. The lowest BCUT2D eigenvalue weighted by atomic mass is 10.0. The van der Waals surface area contributed by atoms with Crippen LogP contribution in [0.1, 0.15) is 21.5 Å². The Morgan fingerprint density at radius 2 is 1.81 bits per heavy atom. The second-order valence-corrected chi connectivity index (χ2v) is 5.06. The molecule has 0 aliphatic carbocycles. The van der Waals surface area contributed by atoms with E-state index in [1.54, 1.807) is 22.9 Å². The highest BCUT2D eigenvalue weighted by atomic mass is 32.1. The van der Waals surface area contributed by atoms with Crippen LogP contribution in [0, 0.1) is 5.82 Å². The summed E-state index contributed by atoms with van der Waals surface area (Å²) in [5.41, 5.74) is 1.86. The molecule has 1 aromatic heterocycles. The number of ketones is 1. The molecule has 0 unspecified atom stereocenters. The molecule has 0 aliphatic rings. The number of allylic oxidation sites excluding steroid dienone is 1. The zero-order chi connectivity index (χ0) is 15.4. The maximum atomic E-state index is 12.8. The van der Waals surface area contributed by atoms with E-state index in [1.807, 2.05) is 0 Å². The first kappa shape index (κ1) is 14.9. The van der Waals surface area contributed by atoms with Crippen LogP contribution in [-0.2, 0) is 11.2 Å². The number of aliphatic carboxylic acids is 1. The van der Waals surface area contributed by atoms with Gasteiger partial charge in [-0.05, 0) is 35.1 Å². The number of aliphatic hydroxyl groups excluding tert-OH is 1. The normalized spacial score (nSPS) is 11.4. The van der Waals surface area contributed by atoms with Crippen LogP contribution in [-0.4, -0.2) is 22.0 Å². The van der Waals surface area contributed by atoms with Crippen molar-refractivity contribution >= 4 is 23.1 Å². The lowest BCUT2D eigenvalue weighted by Gasteiger charge is -2.02. The quantitative estimate of drug-likeness (QED) is 0.505. The molecule has 108 valence electrons. The van der Waals surface area contributed by atoms with Gasteiger partial charge in [-0.2, -0.15) is 11.3 Å². The van der Waals surface area contributed by atoms with Gasteiger partial charge < -0.3 is 10.2 Å². The number of carboxylic acid groups (broad SMARTS) is 1. The molecule has 0 radical (unpaired) electrons. The van der Waals surface area contributed by atoms with Crippen molar-refractivity contribution in [3.63, 3.8) is 0 Å². The van der Waals surface area contributed by atoms with Crippen LogP contribution in [0.2, 0.25) is 0 Å². The van der Waals surface area contributed by atoms with E-state index >= 15 is 0 Å². The van der Waals surface area contributed by atoms with Gasteiger partial charge in [0.25, 0.3) is 0 Å². The first-order valence-electron chi connectivity index (χ1n) is 5.95. The van der Waals surface area contributed by atoms with Crippen LogP contribution in [0.3, 0.4) is 0 Å². The van der Waals surface area contributed by atoms with Crippen LogP contribution < -0.4 is 0 Å². The van der Waals surface area contributed by atoms with Crippen LogP contribution in [0.15, 0.2) is 46.9 Å². The molecular formula is C15H11FO4S. The first-order chi connectivity index (χ1) is 9.97. The summed E-state index contributed by atoms with van der Waals surface area (Å²) in [7, 11) is 0. The van der Waals surface area contributed by atoms with E-state index in [9.17, 15) is 14.0 Å². The minimum absolute atomic E-state index is 0.331. The van der Waals surface area contributed by atoms with Gasteiger partial charge in [-0.1, -0.05) is 12.1 Å². The smallest absolute Gasteiger partial charge is 0.371 e. The van der Waals surface area contributed by atoms with E-state index in [1.165, 1.54) is 23.5 Å². The van der Waals surface area contributed by atoms with Gasteiger partial charge in [-0.15, -0.1) is 0 Å². The lowest BCUT2D eigenvalue weighted by molar-refractivity contribution is -0.135. The van der Waals surface area contributed by atoms with Crippen molar-refractivity contribution in [2.45, 2.75) is 6.42 Å². The van der Waals surface area contributed by atoms with E-state index < -0.39 is 17.5 Å². The van der Waals surface area contributed by atoms with E-state index in [0.29, 0.717) is 23.6 Å². The highest BCUT2D eigenvalue weighted by Gasteiger charge is 2.14. The maximum Gasteiger partial charge on any atom is 0.371 e. The molecule has 1 heterocycles. The maximum absolute atomic E-state index is 12.8. The van der Waals surface area contributed by atoms with Gasteiger partial charge in [-0.25, -0.2) is 9.18 Å². The molecule has 0 bridgehead atoms. The summed E-state index contributed by atoms with van der Waals surface area (Å²) in [6.07, 6.45) is 1.10. The van der Waals surface area contributed by atoms with Crippen molar-refractivity contribution in [1.29, 1.82) is 0 Å². The summed E-state index contributed by atoms with van der Waals surface area (Å²) in [4.78, 5) is 22.4. The van der Waals surface area contributed by atoms with E-state index in [4.69, 9.17) is 10.2 Å². The molecule has 0 saturated heterocycles. The number of hydrogen-bond acceptors (Lipinski definition) is 4. The Morgan fingerprint density at radius 1 is 1.14 bits per heavy atom. The highest BCUT2D eigenvalue weighted by Crippen LogP contribution is 2.20. The van der Waals surface area contributed by atoms with Crippen LogP contribution in [0.4, 0.5) is 4.39 Å². The van der Waals surface area contributed by atoms with Gasteiger partial charge >= 0.3 is 5.97 Å². The fraction of sp³-hybridized carbons (Fsp3) is 0.0667.